The molecule has 114 valence electrons. The standard InChI is InChI=1S/C14H24N2O4/c1-4-7-14(2,12(17)18)15-13(19)16-8-5-11(6-9-16)10-20-3/h5H,4,6-10H2,1-3H3,(H,15,19)(H,17,18). The maximum Gasteiger partial charge on any atom is 0.329 e. The van der Waals surface area contributed by atoms with Crippen molar-refractivity contribution in [2.45, 2.75) is 38.6 Å². The minimum absolute atomic E-state index is 0.323. The van der Waals surface area contributed by atoms with E-state index in [1.807, 2.05) is 13.0 Å². The van der Waals surface area contributed by atoms with Crippen molar-refractivity contribution in [3.8, 4) is 0 Å². The highest BCUT2D eigenvalue weighted by Gasteiger charge is 2.35. The van der Waals surface area contributed by atoms with Crippen LogP contribution in [0.25, 0.3) is 0 Å². The molecule has 0 aromatic carbocycles. The lowest BCUT2D eigenvalue weighted by Gasteiger charge is -2.32. The zero-order valence-corrected chi connectivity index (χ0v) is 12.4. The first-order chi connectivity index (χ1) is 9.42. The van der Waals surface area contributed by atoms with E-state index in [-0.39, 0.29) is 6.03 Å². The molecule has 1 atom stereocenters. The molecule has 1 rings (SSSR count). The zero-order chi connectivity index (χ0) is 15.2. The molecule has 0 radical (unpaired) electrons. The molecular formula is C14H24N2O4. The van der Waals surface area contributed by atoms with Crippen molar-refractivity contribution in [2.75, 3.05) is 26.8 Å². The van der Waals surface area contributed by atoms with E-state index in [4.69, 9.17) is 4.74 Å². The van der Waals surface area contributed by atoms with Crippen molar-refractivity contribution in [3.05, 3.63) is 11.6 Å². The normalized spacial score (nSPS) is 18.1. The van der Waals surface area contributed by atoms with Crippen molar-refractivity contribution in [1.82, 2.24) is 10.2 Å². The largest absolute Gasteiger partial charge is 0.480 e. The van der Waals surface area contributed by atoms with E-state index in [9.17, 15) is 14.7 Å². The van der Waals surface area contributed by atoms with Crippen LogP contribution < -0.4 is 5.32 Å². The van der Waals surface area contributed by atoms with Crippen molar-refractivity contribution in [3.63, 3.8) is 0 Å². The van der Waals surface area contributed by atoms with E-state index in [0.717, 1.165) is 6.42 Å². The van der Waals surface area contributed by atoms with Crippen molar-refractivity contribution < 1.29 is 19.4 Å². The monoisotopic (exact) mass is 284 g/mol. The van der Waals surface area contributed by atoms with Crippen molar-refractivity contribution >= 4 is 12.0 Å². The summed E-state index contributed by atoms with van der Waals surface area (Å²) < 4.78 is 5.06. The summed E-state index contributed by atoms with van der Waals surface area (Å²) in [6.07, 6.45) is 3.83. The molecule has 0 saturated carbocycles. The second-order valence-electron chi connectivity index (χ2n) is 5.31. The summed E-state index contributed by atoms with van der Waals surface area (Å²) in [5, 5.41) is 11.9. The predicted molar refractivity (Wildman–Crippen MR) is 75.6 cm³/mol. The highest BCUT2D eigenvalue weighted by Crippen LogP contribution is 2.15. The van der Waals surface area contributed by atoms with Gasteiger partial charge in [0.15, 0.2) is 0 Å². The van der Waals surface area contributed by atoms with Crippen LogP contribution in [0.1, 0.15) is 33.1 Å². The number of urea groups is 1. The van der Waals surface area contributed by atoms with Crippen LogP contribution in [0, 0.1) is 0 Å². The highest BCUT2D eigenvalue weighted by molar-refractivity contribution is 5.86. The number of hydrogen-bond acceptors (Lipinski definition) is 3. The number of carboxylic acid groups (broad SMARTS) is 1. The van der Waals surface area contributed by atoms with E-state index in [1.165, 1.54) is 5.57 Å². The van der Waals surface area contributed by atoms with Gasteiger partial charge in [0, 0.05) is 20.2 Å². The topological polar surface area (TPSA) is 78.9 Å². The molecule has 2 N–H and O–H groups in total. The number of aliphatic carboxylic acids is 1. The lowest BCUT2D eigenvalue weighted by atomic mass is 9.96. The maximum atomic E-state index is 12.1. The molecule has 0 aromatic heterocycles. The number of nitrogens with one attached hydrogen (secondary N) is 1. The first kappa shape index (κ1) is 16.5. The number of methoxy groups -OCH3 is 1. The van der Waals surface area contributed by atoms with E-state index >= 15 is 0 Å². The van der Waals surface area contributed by atoms with Crippen LogP contribution in [-0.4, -0.2) is 54.4 Å². The fourth-order valence-electron chi connectivity index (χ4n) is 2.25. The first-order valence-electron chi connectivity index (χ1n) is 6.90. The number of rotatable bonds is 6. The lowest BCUT2D eigenvalue weighted by Crippen LogP contribution is -2.56. The predicted octanol–water partition coefficient (Wildman–Crippen LogP) is 1.62. The molecule has 0 bridgehead atoms. The van der Waals surface area contributed by atoms with Crippen LogP contribution in [0.5, 0.6) is 0 Å². The Labute approximate surface area is 119 Å². The third-order valence-electron chi connectivity index (χ3n) is 3.52. The number of carbonyl (C=O) groups is 2. The van der Waals surface area contributed by atoms with Crippen LogP contribution in [0.15, 0.2) is 11.6 Å². The summed E-state index contributed by atoms with van der Waals surface area (Å²) in [6.45, 7) is 5.11. The summed E-state index contributed by atoms with van der Waals surface area (Å²) in [4.78, 5) is 25.1. The fourth-order valence-corrected chi connectivity index (χ4v) is 2.25. The second kappa shape index (κ2) is 7.28. The van der Waals surface area contributed by atoms with E-state index in [2.05, 4.69) is 5.32 Å². The third kappa shape index (κ3) is 4.23. The van der Waals surface area contributed by atoms with Gasteiger partial charge in [-0.05, 0) is 25.3 Å². The molecule has 0 saturated heterocycles. The zero-order valence-electron chi connectivity index (χ0n) is 12.4. The Balaban J connectivity index is 2.61. The molecule has 0 spiro atoms. The van der Waals surface area contributed by atoms with Gasteiger partial charge in [-0.1, -0.05) is 19.4 Å². The molecular weight excluding hydrogens is 260 g/mol. The van der Waals surface area contributed by atoms with Gasteiger partial charge in [0.25, 0.3) is 0 Å². The van der Waals surface area contributed by atoms with E-state index in [0.29, 0.717) is 32.5 Å². The van der Waals surface area contributed by atoms with Gasteiger partial charge in [0.1, 0.15) is 5.54 Å². The van der Waals surface area contributed by atoms with Gasteiger partial charge in [0.05, 0.1) is 6.61 Å². The SMILES string of the molecule is CCCC(C)(NC(=O)N1CC=C(COC)CC1)C(=O)O. The minimum Gasteiger partial charge on any atom is -0.480 e. The molecule has 1 aliphatic heterocycles. The van der Waals surface area contributed by atoms with Crippen molar-refractivity contribution in [2.24, 2.45) is 0 Å². The molecule has 0 aliphatic carbocycles. The Morgan fingerprint density at radius 2 is 2.25 bits per heavy atom. The van der Waals surface area contributed by atoms with Gasteiger partial charge in [0.2, 0.25) is 0 Å². The quantitative estimate of drug-likeness (QED) is 0.726. The summed E-state index contributed by atoms with van der Waals surface area (Å²) in [5.74, 6) is -1.000. The molecule has 2 amide bonds. The molecule has 1 unspecified atom stereocenters. The number of amides is 2. The molecule has 0 fully saturated rings. The molecule has 20 heavy (non-hydrogen) atoms. The molecule has 6 heteroatoms. The minimum atomic E-state index is -1.21. The van der Waals surface area contributed by atoms with Crippen LogP contribution in [0.2, 0.25) is 0 Å². The fraction of sp³-hybridized carbons (Fsp3) is 0.714. The Hall–Kier alpha value is -1.56. The van der Waals surface area contributed by atoms with E-state index in [1.54, 1.807) is 18.9 Å². The van der Waals surface area contributed by atoms with Gasteiger partial charge < -0.3 is 20.1 Å². The van der Waals surface area contributed by atoms with Crippen LogP contribution >= 0.6 is 0 Å². The van der Waals surface area contributed by atoms with Gasteiger partial charge in [-0.15, -0.1) is 0 Å². The Morgan fingerprint density at radius 1 is 1.55 bits per heavy atom. The van der Waals surface area contributed by atoms with Crippen LogP contribution in [0.3, 0.4) is 0 Å². The Kier molecular flexibility index (Phi) is 6.01. The number of nitrogens with zero attached hydrogens (tertiary/aromatic N) is 1. The highest BCUT2D eigenvalue weighted by atomic mass is 16.5. The molecule has 1 heterocycles. The molecule has 0 aromatic rings. The summed E-state index contributed by atoms with van der Waals surface area (Å²) in [6, 6.07) is -0.323. The number of hydrogen-bond donors (Lipinski definition) is 2. The second-order valence-corrected chi connectivity index (χ2v) is 5.31. The van der Waals surface area contributed by atoms with Gasteiger partial charge >= 0.3 is 12.0 Å². The number of carbonyl (C=O) groups excluding carboxylic acids is 1. The van der Waals surface area contributed by atoms with Crippen LogP contribution in [0.4, 0.5) is 4.79 Å². The summed E-state index contributed by atoms with van der Waals surface area (Å²) >= 11 is 0. The Morgan fingerprint density at radius 3 is 2.70 bits per heavy atom. The summed E-state index contributed by atoms with van der Waals surface area (Å²) in [5.41, 5.74) is -0.0337. The van der Waals surface area contributed by atoms with Gasteiger partial charge in [-0.3, -0.25) is 0 Å². The van der Waals surface area contributed by atoms with Gasteiger partial charge in [-0.2, -0.15) is 0 Å². The third-order valence-corrected chi connectivity index (χ3v) is 3.52. The maximum absolute atomic E-state index is 12.1. The summed E-state index contributed by atoms with van der Waals surface area (Å²) in [7, 11) is 1.64. The first-order valence-corrected chi connectivity index (χ1v) is 6.90. The van der Waals surface area contributed by atoms with Crippen LogP contribution in [-0.2, 0) is 9.53 Å². The van der Waals surface area contributed by atoms with Crippen molar-refractivity contribution in [1.29, 1.82) is 0 Å². The number of ether oxygens (including phenoxy) is 1. The number of carboxylic acids is 1. The molecule has 6 nitrogen and oxygen atoms in total. The van der Waals surface area contributed by atoms with E-state index < -0.39 is 11.5 Å². The lowest BCUT2D eigenvalue weighted by molar-refractivity contribution is -0.144. The average molecular weight is 284 g/mol. The smallest absolute Gasteiger partial charge is 0.329 e. The van der Waals surface area contributed by atoms with Gasteiger partial charge in [-0.25, -0.2) is 9.59 Å². The molecule has 1 aliphatic rings. The average Bonchev–Trinajstić information content (AvgIpc) is 2.40. The Bertz CT molecular complexity index is 395.